The summed E-state index contributed by atoms with van der Waals surface area (Å²) in [5.41, 5.74) is 1.84. The number of aromatic nitrogens is 1. The zero-order chi connectivity index (χ0) is 24.8. The van der Waals surface area contributed by atoms with E-state index < -0.39 is 0 Å². The number of aryl methyl sites for hydroxylation is 1. The number of carbonyl (C=O) groups excluding carboxylic acids is 2. The van der Waals surface area contributed by atoms with Crippen LogP contribution in [0.4, 0.5) is 0 Å². The van der Waals surface area contributed by atoms with Crippen LogP contribution in [0.2, 0.25) is 0 Å². The number of rotatable bonds is 8. The average molecular weight is 497 g/mol. The van der Waals surface area contributed by atoms with Crippen molar-refractivity contribution in [3.63, 3.8) is 0 Å². The number of thiazole rings is 1. The van der Waals surface area contributed by atoms with Crippen LogP contribution in [0, 0.1) is 18.8 Å². The topological polar surface area (TPSA) is 65.5 Å². The molecular formula is C28H40N4O2S. The van der Waals surface area contributed by atoms with Crippen LogP contribution in [0.5, 0.6) is 0 Å². The highest BCUT2D eigenvalue weighted by Gasteiger charge is 2.31. The van der Waals surface area contributed by atoms with Gasteiger partial charge in [-0.1, -0.05) is 56.5 Å². The molecule has 1 saturated carbocycles. The molecule has 2 amide bonds. The number of nitrogens with one attached hydrogen (secondary N) is 1. The van der Waals surface area contributed by atoms with Gasteiger partial charge < -0.3 is 15.1 Å². The van der Waals surface area contributed by atoms with E-state index in [2.05, 4.69) is 22.2 Å². The van der Waals surface area contributed by atoms with Crippen LogP contribution in [0.15, 0.2) is 30.3 Å². The molecule has 1 aromatic carbocycles. The predicted octanol–water partition coefficient (Wildman–Crippen LogP) is 4.99. The maximum atomic E-state index is 13.2. The molecule has 190 valence electrons. The number of likely N-dealkylation sites (tertiary alicyclic amines) is 1. The van der Waals surface area contributed by atoms with Crippen LogP contribution in [0.25, 0.3) is 10.6 Å². The van der Waals surface area contributed by atoms with Crippen LogP contribution in [0.1, 0.15) is 67.2 Å². The minimum Gasteiger partial charge on any atom is -0.355 e. The first kappa shape index (κ1) is 25.8. The van der Waals surface area contributed by atoms with Crippen molar-refractivity contribution in [2.75, 3.05) is 33.2 Å². The first-order valence-electron chi connectivity index (χ1n) is 13.2. The van der Waals surface area contributed by atoms with Gasteiger partial charge in [0.25, 0.3) is 5.91 Å². The average Bonchev–Trinajstić information content (AvgIpc) is 3.30. The van der Waals surface area contributed by atoms with Crippen molar-refractivity contribution in [3.05, 3.63) is 40.9 Å². The fraction of sp³-hybridized carbons (Fsp3) is 0.607. The zero-order valence-electron chi connectivity index (χ0n) is 21.5. The van der Waals surface area contributed by atoms with Gasteiger partial charge in [0.2, 0.25) is 5.91 Å². The molecule has 1 aliphatic heterocycles. The van der Waals surface area contributed by atoms with Crippen molar-refractivity contribution in [1.29, 1.82) is 0 Å². The van der Waals surface area contributed by atoms with Gasteiger partial charge >= 0.3 is 0 Å². The van der Waals surface area contributed by atoms with Crippen LogP contribution in [-0.2, 0) is 4.79 Å². The number of hydrogen-bond donors (Lipinski definition) is 1. The van der Waals surface area contributed by atoms with Gasteiger partial charge in [0.15, 0.2) is 0 Å². The molecule has 1 atom stereocenters. The highest BCUT2D eigenvalue weighted by atomic mass is 32.1. The van der Waals surface area contributed by atoms with Gasteiger partial charge in [0.1, 0.15) is 9.88 Å². The minimum atomic E-state index is -0.0259. The number of piperidine rings is 1. The quantitative estimate of drug-likeness (QED) is 0.559. The zero-order valence-corrected chi connectivity index (χ0v) is 22.3. The van der Waals surface area contributed by atoms with E-state index >= 15 is 0 Å². The summed E-state index contributed by atoms with van der Waals surface area (Å²) >= 11 is 1.48. The van der Waals surface area contributed by atoms with Crippen molar-refractivity contribution >= 4 is 23.2 Å². The molecule has 0 radical (unpaired) electrons. The van der Waals surface area contributed by atoms with Gasteiger partial charge in [-0.05, 0) is 45.6 Å². The highest BCUT2D eigenvalue weighted by Crippen LogP contribution is 2.31. The molecule has 1 saturated heterocycles. The molecule has 1 N–H and O–H groups in total. The molecular weight excluding hydrogens is 456 g/mol. The van der Waals surface area contributed by atoms with E-state index in [1.165, 1.54) is 43.4 Å². The lowest BCUT2D eigenvalue weighted by molar-refractivity contribution is -0.126. The standard InChI is InChI=1S/C28H40N4O2S/c1-20(26(33)29-16-19-31(3)24-12-8-5-9-13-24)22-14-17-32(18-15-22)28(34)25-21(2)30-27(35-25)23-10-6-4-7-11-23/h4,6-7,10-11,20,22,24H,5,8-9,12-19H2,1-3H3,(H,29,33)/t20-/m1/s1. The summed E-state index contributed by atoms with van der Waals surface area (Å²) in [6.07, 6.45) is 8.32. The van der Waals surface area contributed by atoms with Crippen molar-refractivity contribution in [2.45, 2.75) is 64.8 Å². The summed E-state index contributed by atoms with van der Waals surface area (Å²) in [6, 6.07) is 10.7. The van der Waals surface area contributed by atoms with Crippen molar-refractivity contribution < 1.29 is 9.59 Å². The summed E-state index contributed by atoms with van der Waals surface area (Å²) in [5, 5.41) is 4.06. The lowest BCUT2D eigenvalue weighted by atomic mass is 9.85. The smallest absolute Gasteiger partial charge is 0.265 e. The van der Waals surface area contributed by atoms with Gasteiger partial charge in [-0.25, -0.2) is 4.98 Å². The SMILES string of the molecule is Cc1nc(-c2ccccc2)sc1C(=O)N1CCC([C@@H](C)C(=O)NCCN(C)C2CCCCC2)CC1. The van der Waals surface area contributed by atoms with E-state index in [0.717, 1.165) is 40.5 Å². The summed E-state index contributed by atoms with van der Waals surface area (Å²) in [6.45, 7) is 6.98. The van der Waals surface area contributed by atoms with Gasteiger partial charge in [-0.15, -0.1) is 11.3 Å². The Labute approximate surface area is 214 Å². The molecule has 0 bridgehead atoms. The summed E-state index contributed by atoms with van der Waals surface area (Å²) in [7, 11) is 2.19. The largest absolute Gasteiger partial charge is 0.355 e. The highest BCUT2D eigenvalue weighted by molar-refractivity contribution is 7.17. The summed E-state index contributed by atoms with van der Waals surface area (Å²) in [4.78, 5) is 35.8. The molecule has 2 aromatic rings. The van der Waals surface area contributed by atoms with E-state index in [4.69, 9.17) is 0 Å². The summed E-state index contributed by atoms with van der Waals surface area (Å²) in [5.74, 6) is 0.515. The second-order valence-electron chi connectivity index (χ2n) is 10.3. The molecule has 0 spiro atoms. The van der Waals surface area contributed by atoms with Gasteiger partial charge in [0, 0.05) is 43.7 Å². The van der Waals surface area contributed by atoms with Crippen LogP contribution < -0.4 is 5.32 Å². The monoisotopic (exact) mass is 496 g/mol. The van der Waals surface area contributed by atoms with E-state index in [1.54, 1.807) is 0 Å². The Kier molecular flexibility index (Phi) is 8.95. The number of hydrogen-bond acceptors (Lipinski definition) is 5. The number of likely N-dealkylation sites (N-methyl/N-ethyl adjacent to an activating group) is 1. The Bertz CT molecular complexity index is 978. The van der Waals surface area contributed by atoms with E-state index in [-0.39, 0.29) is 17.7 Å². The Morgan fingerprint density at radius 3 is 2.49 bits per heavy atom. The lowest BCUT2D eigenvalue weighted by Crippen LogP contribution is -2.44. The number of carbonyl (C=O) groups is 2. The fourth-order valence-electron chi connectivity index (χ4n) is 5.48. The molecule has 0 unspecified atom stereocenters. The fourth-order valence-corrected chi connectivity index (χ4v) is 6.52. The molecule has 2 fully saturated rings. The molecule has 6 nitrogen and oxygen atoms in total. The predicted molar refractivity (Wildman–Crippen MR) is 143 cm³/mol. The van der Waals surface area contributed by atoms with Crippen LogP contribution >= 0.6 is 11.3 Å². The third-order valence-corrected chi connectivity index (χ3v) is 9.12. The minimum absolute atomic E-state index is 0.0259. The third-order valence-electron chi connectivity index (χ3n) is 7.92. The molecule has 4 rings (SSSR count). The van der Waals surface area contributed by atoms with E-state index in [0.29, 0.717) is 31.6 Å². The lowest BCUT2D eigenvalue weighted by Gasteiger charge is -2.34. The summed E-state index contributed by atoms with van der Waals surface area (Å²) < 4.78 is 0. The maximum Gasteiger partial charge on any atom is 0.265 e. The molecule has 7 heteroatoms. The second-order valence-corrected chi connectivity index (χ2v) is 11.3. The molecule has 1 aromatic heterocycles. The Morgan fingerprint density at radius 1 is 1.11 bits per heavy atom. The first-order chi connectivity index (χ1) is 16.9. The normalized spacial score (nSPS) is 18.6. The molecule has 1 aliphatic carbocycles. The number of amides is 2. The Hall–Kier alpha value is -2.25. The number of benzene rings is 1. The van der Waals surface area contributed by atoms with E-state index in [1.807, 2.05) is 49.1 Å². The van der Waals surface area contributed by atoms with Gasteiger partial charge in [0.05, 0.1) is 5.69 Å². The second kappa shape index (κ2) is 12.1. The van der Waals surface area contributed by atoms with Crippen LogP contribution in [0.3, 0.4) is 0 Å². The van der Waals surface area contributed by atoms with Crippen molar-refractivity contribution in [3.8, 4) is 10.6 Å². The maximum absolute atomic E-state index is 13.2. The Morgan fingerprint density at radius 2 is 1.80 bits per heavy atom. The van der Waals surface area contributed by atoms with Gasteiger partial charge in [-0.3, -0.25) is 9.59 Å². The van der Waals surface area contributed by atoms with Crippen LogP contribution in [-0.4, -0.2) is 65.9 Å². The van der Waals surface area contributed by atoms with E-state index in [9.17, 15) is 9.59 Å². The molecule has 35 heavy (non-hydrogen) atoms. The first-order valence-corrected chi connectivity index (χ1v) is 14.1. The number of nitrogens with zero attached hydrogens (tertiary/aromatic N) is 3. The molecule has 2 aliphatic rings. The van der Waals surface area contributed by atoms with Crippen molar-refractivity contribution in [1.82, 2.24) is 20.1 Å². The third kappa shape index (κ3) is 6.50. The Balaban J connectivity index is 1.23. The van der Waals surface area contributed by atoms with Gasteiger partial charge in [-0.2, -0.15) is 0 Å². The van der Waals surface area contributed by atoms with Crippen molar-refractivity contribution in [2.24, 2.45) is 11.8 Å². The molecule has 2 heterocycles.